The lowest BCUT2D eigenvalue weighted by Crippen LogP contribution is -2.47. The first-order valence-corrected chi connectivity index (χ1v) is 11.9. The Hall–Kier alpha value is -1.96. The summed E-state index contributed by atoms with van der Waals surface area (Å²) < 4.78 is 0. The highest BCUT2D eigenvalue weighted by Gasteiger charge is 2.19. The number of carbonyl (C=O) groups excluding carboxylic acids is 2. The molecule has 1 atom stereocenters. The molecule has 0 saturated heterocycles. The van der Waals surface area contributed by atoms with Crippen molar-refractivity contribution in [3.63, 3.8) is 0 Å². The first-order chi connectivity index (χ1) is 15.2. The summed E-state index contributed by atoms with van der Waals surface area (Å²) in [5.41, 5.74) is 6.63. The Kier molecular flexibility index (Phi) is 16.4. The Morgan fingerprint density at radius 2 is 1.55 bits per heavy atom. The Morgan fingerprint density at radius 1 is 0.903 bits per heavy atom. The van der Waals surface area contributed by atoms with Gasteiger partial charge in [0.1, 0.15) is 6.04 Å². The van der Waals surface area contributed by atoms with Gasteiger partial charge in [0.25, 0.3) is 0 Å². The predicted molar refractivity (Wildman–Crippen MR) is 128 cm³/mol. The zero-order valence-electron chi connectivity index (χ0n) is 19.3. The van der Waals surface area contributed by atoms with Gasteiger partial charge in [0.05, 0.1) is 0 Å². The molecule has 0 bridgehead atoms. The van der Waals surface area contributed by atoms with Gasteiger partial charge in [-0.05, 0) is 83.2 Å². The molecule has 0 radical (unpaired) electrons. The number of hydrogen-bond donors (Lipinski definition) is 5. The maximum atomic E-state index is 12.6. The van der Waals surface area contributed by atoms with E-state index in [0.29, 0.717) is 19.4 Å². The van der Waals surface area contributed by atoms with E-state index in [1.54, 1.807) is 0 Å². The van der Waals surface area contributed by atoms with Crippen LogP contribution in [0.3, 0.4) is 0 Å². The molecule has 0 fully saturated rings. The molecule has 0 aliphatic rings. The number of hydrogen-bond acceptors (Lipinski definition) is 5. The quantitative estimate of drug-likeness (QED) is 0.214. The van der Waals surface area contributed by atoms with E-state index in [-0.39, 0.29) is 11.8 Å². The van der Waals surface area contributed by atoms with Crippen LogP contribution in [0.1, 0.15) is 57.4 Å². The van der Waals surface area contributed by atoms with E-state index in [2.05, 4.69) is 21.3 Å². The van der Waals surface area contributed by atoms with Crippen LogP contribution in [0.5, 0.6) is 0 Å². The van der Waals surface area contributed by atoms with Crippen LogP contribution >= 0.6 is 0 Å². The summed E-state index contributed by atoms with van der Waals surface area (Å²) in [7, 11) is 0. The summed E-state index contributed by atoms with van der Waals surface area (Å²) >= 11 is 0. The first-order valence-electron chi connectivity index (χ1n) is 11.9. The molecule has 7 nitrogen and oxygen atoms in total. The van der Waals surface area contributed by atoms with Crippen molar-refractivity contribution < 1.29 is 9.59 Å². The number of rotatable bonds is 19. The lowest BCUT2D eigenvalue weighted by Gasteiger charge is -2.18. The second-order valence-corrected chi connectivity index (χ2v) is 7.89. The molecule has 0 unspecified atom stereocenters. The van der Waals surface area contributed by atoms with E-state index in [1.165, 1.54) is 5.56 Å². The zero-order chi connectivity index (χ0) is 22.6. The molecule has 176 valence electrons. The van der Waals surface area contributed by atoms with Crippen LogP contribution < -0.4 is 27.0 Å². The summed E-state index contributed by atoms with van der Waals surface area (Å²) in [6.45, 7) is 7.20. The van der Waals surface area contributed by atoms with Crippen LogP contribution in [0.15, 0.2) is 30.3 Å². The molecule has 0 saturated carbocycles. The van der Waals surface area contributed by atoms with Gasteiger partial charge in [0.2, 0.25) is 11.8 Å². The third-order valence-electron chi connectivity index (χ3n) is 5.04. The molecule has 0 spiro atoms. The van der Waals surface area contributed by atoms with Gasteiger partial charge >= 0.3 is 0 Å². The van der Waals surface area contributed by atoms with Crippen molar-refractivity contribution in [2.45, 2.75) is 64.3 Å². The van der Waals surface area contributed by atoms with Gasteiger partial charge in [0, 0.05) is 13.0 Å². The lowest BCUT2D eigenvalue weighted by molar-refractivity contribution is -0.129. The molecule has 1 aromatic carbocycles. The third-order valence-corrected chi connectivity index (χ3v) is 5.04. The summed E-state index contributed by atoms with van der Waals surface area (Å²) in [6, 6.07) is 9.57. The fraction of sp³-hybridized carbons (Fsp3) is 0.667. The highest BCUT2D eigenvalue weighted by molar-refractivity contribution is 5.87. The van der Waals surface area contributed by atoms with Crippen LogP contribution in [0.2, 0.25) is 0 Å². The molecular weight excluding hydrogens is 390 g/mol. The van der Waals surface area contributed by atoms with Crippen LogP contribution in [0, 0.1) is 0 Å². The number of carbonyl (C=O) groups is 2. The Morgan fingerprint density at radius 3 is 2.19 bits per heavy atom. The van der Waals surface area contributed by atoms with Gasteiger partial charge in [-0.3, -0.25) is 9.59 Å². The van der Waals surface area contributed by atoms with Gasteiger partial charge in [0.15, 0.2) is 0 Å². The van der Waals surface area contributed by atoms with E-state index in [9.17, 15) is 9.59 Å². The van der Waals surface area contributed by atoms with Gasteiger partial charge in [-0.1, -0.05) is 37.3 Å². The normalized spacial score (nSPS) is 11.8. The van der Waals surface area contributed by atoms with Crippen LogP contribution in [-0.4, -0.2) is 57.1 Å². The number of nitrogens with one attached hydrogen (secondary N) is 4. The van der Waals surface area contributed by atoms with E-state index in [4.69, 9.17) is 5.73 Å². The fourth-order valence-electron chi connectivity index (χ4n) is 3.24. The van der Waals surface area contributed by atoms with Crippen LogP contribution in [0.4, 0.5) is 0 Å². The van der Waals surface area contributed by atoms with Crippen molar-refractivity contribution in [2.75, 3.05) is 39.3 Å². The Labute approximate surface area is 188 Å². The molecule has 2 amide bonds. The first kappa shape index (κ1) is 27.1. The average Bonchev–Trinajstić information content (AvgIpc) is 2.78. The van der Waals surface area contributed by atoms with Crippen molar-refractivity contribution in [2.24, 2.45) is 5.73 Å². The van der Waals surface area contributed by atoms with E-state index < -0.39 is 6.04 Å². The summed E-state index contributed by atoms with van der Waals surface area (Å²) in [5.74, 6) is -0.154. The third kappa shape index (κ3) is 14.6. The smallest absolute Gasteiger partial charge is 0.242 e. The number of amides is 2. The predicted octanol–water partition coefficient (Wildman–Crippen LogP) is 1.72. The lowest BCUT2D eigenvalue weighted by atomic mass is 10.0. The molecule has 1 rings (SSSR count). The summed E-state index contributed by atoms with van der Waals surface area (Å²) in [4.78, 5) is 24.7. The standard InChI is InChI=1S/C24H43N5O2/c1-2-10-23(30)29-22(14-13-21-11-4-3-5-12-21)24(31)28-20-9-19-27-17-7-6-16-26-18-8-15-25/h3-5,11-12,22,26-27H,2,6-10,13-20,25H2,1H3,(H,28,31)(H,29,30)/t22-/m0/s1. The Balaban J connectivity index is 2.20. The molecule has 7 heteroatoms. The molecule has 0 aliphatic carbocycles. The highest BCUT2D eigenvalue weighted by atomic mass is 16.2. The minimum Gasteiger partial charge on any atom is -0.354 e. The van der Waals surface area contributed by atoms with E-state index in [1.807, 2.05) is 37.3 Å². The SMILES string of the molecule is CCCC(=O)N[C@@H](CCc1ccccc1)C(=O)NCCCNCCCCNCCCN. The molecule has 0 heterocycles. The molecule has 6 N–H and O–H groups in total. The second-order valence-electron chi connectivity index (χ2n) is 7.89. The van der Waals surface area contributed by atoms with Crippen molar-refractivity contribution in [3.05, 3.63) is 35.9 Å². The van der Waals surface area contributed by atoms with Gasteiger partial charge in [-0.25, -0.2) is 0 Å². The van der Waals surface area contributed by atoms with Crippen molar-refractivity contribution in [1.29, 1.82) is 0 Å². The minimum absolute atomic E-state index is 0.0603. The molecule has 31 heavy (non-hydrogen) atoms. The number of benzene rings is 1. The van der Waals surface area contributed by atoms with E-state index in [0.717, 1.165) is 71.2 Å². The maximum Gasteiger partial charge on any atom is 0.242 e. The number of nitrogens with two attached hydrogens (primary N) is 1. The highest BCUT2D eigenvalue weighted by Crippen LogP contribution is 2.06. The van der Waals surface area contributed by atoms with E-state index >= 15 is 0 Å². The molecule has 1 aromatic rings. The Bertz CT molecular complexity index is 583. The van der Waals surface area contributed by atoms with Crippen LogP contribution in [-0.2, 0) is 16.0 Å². The second kappa shape index (κ2) is 18.8. The maximum absolute atomic E-state index is 12.6. The molecular formula is C24H43N5O2. The summed E-state index contributed by atoms with van der Waals surface area (Å²) in [6.07, 6.45) is 6.75. The van der Waals surface area contributed by atoms with Crippen LogP contribution in [0.25, 0.3) is 0 Å². The van der Waals surface area contributed by atoms with Gasteiger partial charge in [-0.2, -0.15) is 0 Å². The molecule has 0 aromatic heterocycles. The summed E-state index contributed by atoms with van der Waals surface area (Å²) in [5, 5.41) is 12.7. The van der Waals surface area contributed by atoms with Gasteiger partial charge < -0.3 is 27.0 Å². The van der Waals surface area contributed by atoms with Gasteiger partial charge in [-0.15, -0.1) is 0 Å². The zero-order valence-corrected chi connectivity index (χ0v) is 19.3. The van der Waals surface area contributed by atoms with Crippen molar-refractivity contribution >= 4 is 11.8 Å². The largest absolute Gasteiger partial charge is 0.354 e. The topological polar surface area (TPSA) is 108 Å². The monoisotopic (exact) mass is 433 g/mol. The van der Waals surface area contributed by atoms with Crippen molar-refractivity contribution in [1.82, 2.24) is 21.3 Å². The van der Waals surface area contributed by atoms with Crippen molar-refractivity contribution in [3.8, 4) is 0 Å². The number of unbranched alkanes of at least 4 members (excludes halogenated alkanes) is 1. The average molecular weight is 434 g/mol. The fourth-order valence-corrected chi connectivity index (χ4v) is 3.24. The minimum atomic E-state index is -0.487. The molecule has 0 aliphatic heterocycles. The number of aryl methyl sites for hydroxylation is 1.